The maximum Gasteiger partial charge on any atom is 0.343 e. The molecule has 0 aliphatic carbocycles. The molecule has 0 amide bonds. The summed E-state index contributed by atoms with van der Waals surface area (Å²) in [6, 6.07) is 27.9. The molecule has 0 unspecified atom stereocenters. The third-order valence-corrected chi connectivity index (χ3v) is 6.97. The summed E-state index contributed by atoms with van der Waals surface area (Å²) in [6.45, 7) is 0. The zero-order valence-electron chi connectivity index (χ0n) is 21.2. The summed E-state index contributed by atoms with van der Waals surface area (Å²) >= 11 is 24.4. The van der Waals surface area contributed by atoms with E-state index in [9.17, 15) is 9.59 Å². The fraction of sp³-hybridized carbons (Fsp3) is 0.125. The van der Waals surface area contributed by atoms with Crippen molar-refractivity contribution in [2.45, 2.75) is 24.6 Å². The number of carbonyl (C=O) groups excluding carboxylic acids is 2. The lowest BCUT2D eigenvalue weighted by atomic mass is 10.1. The molecule has 0 spiro atoms. The first-order chi connectivity index (χ1) is 19.3. The summed E-state index contributed by atoms with van der Waals surface area (Å²) in [4.78, 5) is 26.7. The Kier molecular flexibility index (Phi) is 10.7. The Balaban J connectivity index is 1.79. The minimum absolute atomic E-state index is 0.131. The van der Waals surface area contributed by atoms with Crippen LogP contribution in [0.3, 0.4) is 0 Å². The molecule has 8 heteroatoms. The average molecular weight is 614 g/mol. The molecule has 0 heterocycles. The van der Waals surface area contributed by atoms with Gasteiger partial charge in [-0.15, -0.1) is 23.2 Å². The summed E-state index contributed by atoms with van der Waals surface area (Å²) in [6.07, 6.45) is 0.263. The third kappa shape index (κ3) is 8.36. The molecule has 40 heavy (non-hydrogen) atoms. The van der Waals surface area contributed by atoms with Crippen LogP contribution in [0, 0.1) is 0 Å². The average Bonchev–Trinajstić information content (AvgIpc) is 2.96. The smallest absolute Gasteiger partial charge is 0.343 e. The minimum Gasteiger partial charge on any atom is -0.423 e. The Morgan fingerprint density at radius 3 is 1.27 bits per heavy atom. The van der Waals surface area contributed by atoms with Crippen molar-refractivity contribution in [3.8, 4) is 0 Å². The number of alkyl halides is 2. The molecule has 0 aliphatic heterocycles. The van der Waals surface area contributed by atoms with Gasteiger partial charge in [0.2, 0.25) is 0 Å². The lowest BCUT2D eigenvalue weighted by molar-refractivity contribution is 0.0513. The molecule has 204 valence electrons. The summed E-state index contributed by atoms with van der Waals surface area (Å²) < 4.78 is 11.9. The number of hydrogen-bond donors (Lipinski definition) is 0. The standard InChI is InChI=1S/C32H24Cl4O4/c33-19-23-7-1-9-25(13-23)31(37)39-29(17-21-5-3-11-27(35)15-21)30(18-22-6-4-12-28(36)16-22)40-32(38)26-10-2-8-24(14-26)20-34/h1-16H,17-20H2/b30-29-. The highest BCUT2D eigenvalue weighted by atomic mass is 35.5. The number of esters is 2. The third-order valence-electron chi connectivity index (χ3n) is 5.88. The van der Waals surface area contributed by atoms with Gasteiger partial charge in [0.05, 0.1) is 11.1 Å². The number of halogens is 4. The normalized spacial score (nSPS) is 11.5. The van der Waals surface area contributed by atoms with E-state index in [1.54, 1.807) is 72.8 Å². The zero-order valence-corrected chi connectivity index (χ0v) is 24.2. The fourth-order valence-corrected chi connectivity index (χ4v) is 4.71. The molecule has 0 aromatic heterocycles. The molecule has 4 aromatic carbocycles. The fourth-order valence-electron chi connectivity index (χ4n) is 3.95. The second-order valence-corrected chi connectivity index (χ2v) is 10.3. The second-order valence-electron chi connectivity index (χ2n) is 8.91. The predicted molar refractivity (Wildman–Crippen MR) is 160 cm³/mol. The molecule has 0 bridgehead atoms. The van der Waals surface area contributed by atoms with Crippen LogP contribution in [0.4, 0.5) is 0 Å². The van der Waals surface area contributed by atoms with E-state index in [1.807, 2.05) is 24.3 Å². The lowest BCUT2D eigenvalue weighted by Gasteiger charge is -2.17. The second kappa shape index (κ2) is 14.4. The molecule has 0 radical (unpaired) electrons. The Morgan fingerprint density at radius 1 is 0.525 bits per heavy atom. The van der Waals surface area contributed by atoms with Gasteiger partial charge in [-0.3, -0.25) is 0 Å². The molecule has 0 fully saturated rings. The first-order valence-electron chi connectivity index (χ1n) is 12.3. The van der Waals surface area contributed by atoms with E-state index < -0.39 is 11.9 Å². The molecular weight excluding hydrogens is 590 g/mol. The number of rotatable bonds is 10. The molecular formula is C32H24Cl4O4. The van der Waals surface area contributed by atoms with E-state index in [-0.39, 0.29) is 36.1 Å². The maximum absolute atomic E-state index is 13.3. The van der Waals surface area contributed by atoms with Crippen LogP contribution >= 0.6 is 46.4 Å². The highest BCUT2D eigenvalue weighted by molar-refractivity contribution is 6.30. The molecule has 0 aliphatic rings. The van der Waals surface area contributed by atoms with Crippen molar-refractivity contribution in [3.63, 3.8) is 0 Å². The minimum atomic E-state index is -0.618. The Bertz CT molecular complexity index is 1430. The van der Waals surface area contributed by atoms with E-state index in [0.717, 1.165) is 22.3 Å². The Morgan fingerprint density at radius 2 is 0.900 bits per heavy atom. The van der Waals surface area contributed by atoms with Crippen LogP contribution in [0.15, 0.2) is 109 Å². The van der Waals surface area contributed by atoms with Crippen LogP contribution in [0.25, 0.3) is 0 Å². The predicted octanol–water partition coefficient (Wildman–Crippen LogP) is 9.18. The first kappa shape index (κ1) is 29.7. The highest BCUT2D eigenvalue weighted by Crippen LogP contribution is 2.25. The zero-order chi connectivity index (χ0) is 28.5. The van der Waals surface area contributed by atoms with Gasteiger partial charge in [0.15, 0.2) is 11.5 Å². The van der Waals surface area contributed by atoms with Gasteiger partial charge in [0.1, 0.15) is 0 Å². The van der Waals surface area contributed by atoms with Crippen LogP contribution in [-0.4, -0.2) is 11.9 Å². The molecule has 0 atom stereocenters. The van der Waals surface area contributed by atoms with E-state index >= 15 is 0 Å². The Labute approximate surface area is 253 Å². The van der Waals surface area contributed by atoms with Crippen LogP contribution < -0.4 is 0 Å². The van der Waals surface area contributed by atoms with Gasteiger partial charge in [-0.1, -0.05) is 71.7 Å². The quantitative estimate of drug-likeness (QED) is 0.102. The van der Waals surface area contributed by atoms with Crippen LogP contribution in [0.5, 0.6) is 0 Å². The number of allylic oxidation sites excluding steroid dienone is 2. The van der Waals surface area contributed by atoms with Gasteiger partial charge < -0.3 is 9.47 Å². The van der Waals surface area contributed by atoms with Gasteiger partial charge in [0, 0.05) is 34.6 Å². The Hall–Kier alpha value is -3.28. The molecule has 4 aromatic rings. The molecule has 0 saturated heterocycles. The van der Waals surface area contributed by atoms with Gasteiger partial charge in [0.25, 0.3) is 0 Å². The van der Waals surface area contributed by atoms with E-state index in [2.05, 4.69) is 0 Å². The van der Waals surface area contributed by atoms with E-state index in [0.29, 0.717) is 21.2 Å². The van der Waals surface area contributed by atoms with Gasteiger partial charge in [-0.25, -0.2) is 9.59 Å². The van der Waals surface area contributed by atoms with Crippen molar-refractivity contribution in [1.29, 1.82) is 0 Å². The van der Waals surface area contributed by atoms with Crippen molar-refractivity contribution < 1.29 is 19.1 Å². The molecule has 0 saturated carbocycles. The summed E-state index contributed by atoms with van der Waals surface area (Å²) in [5, 5.41) is 1.04. The molecule has 0 N–H and O–H groups in total. The number of carbonyl (C=O) groups is 2. The monoisotopic (exact) mass is 612 g/mol. The van der Waals surface area contributed by atoms with Crippen molar-refractivity contribution in [2.24, 2.45) is 0 Å². The SMILES string of the molecule is O=C(O/C(Cc1cccc(Cl)c1)=C(/Cc1cccc(Cl)c1)OC(=O)c1cccc(CCl)c1)c1cccc(CCl)c1. The van der Waals surface area contributed by atoms with Gasteiger partial charge >= 0.3 is 11.9 Å². The topological polar surface area (TPSA) is 52.6 Å². The first-order valence-corrected chi connectivity index (χ1v) is 14.1. The maximum atomic E-state index is 13.3. The highest BCUT2D eigenvalue weighted by Gasteiger charge is 2.21. The van der Waals surface area contributed by atoms with Crippen LogP contribution in [0.1, 0.15) is 43.0 Å². The van der Waals surface area contributed by atoms with Crippen molar-refractivity contribution in [3.05, 3.63) is 152 Å². The summed E-state index contributed by atoms with van der Waals surface area (Å²) in [5.41, 5.74) is 3.67. The van der Waals surface area contributed by atoms with Gasteiger partial charge in [-0.2, -0.15) is 0 Å². The largest absolute Gasteiger partial charge is 0.423 e. The lowest BCUT2D eigenvalue weighted by Crippen LogP contribution is -2.15. The molecule has 4 rings (SSSR count). The molecule has 4 nitrogen and oxygen atoms in total. The van der Waals surface area contributed by atoms with E-state index in [4.69, 9.17) is 55.9 Å². The van der Waals surface area contributed by atoms with Crippen molar-refractivity contribution in [1.82, 2.24) is 0 Å². The summed E-state index contributed by atoms with van der Waals surface area (Å²) in [7, 11) is 0. The number of hydrogen-bond acceptors (Lipinski definition) is 4. The van der Waals surface area contributed by atoms with Gasteiger partial charge in [-0.05, 0) is 70.8 Å². The summed E-state index contributed by atoms with van der Waals surface area (Å²) in [5.74, 6) is -0.437. The van der Waals surface area contributed by atoms with Crippen LogP contribution in [0.2, 0.25) is 10.0 Å². The number of benzene rings is 4. The van der Waals surface area contributed by atoms with E-state index in [1.165, 1.54) is 0 Å². The van der Waals surface area contributed by atoms with Crippen molar-refractivity contribution >= 4 is 58.3 Å². The van der Waals surface area contributed by atoms with Crippen LogP contribution in [-0.2, 0) is 34.1 Å². The number of ether oxygens (including phenoxy) is 2. The van der Waals surface area contributed by atoms with Crippen molar-refractivity contribution in [2.75, 3.05) is 0 Å².